The van der Waals surface area contributed by atoms with Crippen LogP contribution in [-0.4, -0.2) is 35.2 Å². The van der Waals surface area contributed by atoms with Crippen molar-refractivity contribution in [2.24, 2.45) is 10.4 Å². The van der Waals surface area contributed by atoms with Gasteiger partial charge in [0.1, 0.15) is 11.4 Å². The van der Waals surface area contributed by atoms with E-state index in [1.807, 2.05) is 0 Å². The molecular weight excluding hydrogens is 457 g/mol. The number of fused-ring (bicyclic) bond motifs is 1. The topological polar surface area (TPSA) is 59.5 Å². The molecule has 0 unspecified atom stereocenters. The van der Waals surface area contributed by atoms with Gasteiger partial charge in [0.2, 0.25) is 0 Å². The van der Waals surface area contributed by atoms with Crippen LogP contribution in [0.4, 0.5) is 22.0 Å². The van der Waals surface area contributed by atoms with Crippen LogP contribution in [0.1, 0.15) is 36.8 Å². The zero-order valence-corrected chi connectivity index (χ0v) is 17.9. The van der Waals surface area contributed by atoms with Crippen LogP contribution in [0.3, 0.4) is 0 Å². The highest BCUT2D eigenvalue weighted by atomic mass is 19.4. The lowest BCUT2D eigenvalue weighted by Gasteiger charge is -2.21. The third kappa shape index (κ3) is 3.42. The quantitative estimate of drug-likeness (QED) is 0.460. The van der Waals surface area contributed by atoms with E-state index in [9.17, 15) is 22.0 Å². The summed E-state index contributed by atoms with van der Waals surface area (Å²) < 4.78 is 82.2. The van der Waals surface area contributed by atoms with Gasteiger partial charge in [-0.25, -0.2) is 13.8 Å². The number of ether oxygens (including phenoxy) is 2. The molecule has 5 nitrogen and oxygen atoms in total. The molecule has 3 heterocycles. The number of aromatic amines is 1. The Bertz CT molecular complexity index is 1300. The van der Waals surface area contributed by atoms with E-state index < -0.39 is 29.0 Å². The molecule has 3 aromatic rings. The summed E-state index contributed by atoms with van der Waals surface area (Å²) >= 11 is 0. The number of alkyl halides is 3. The van der Waals surface area contributed by atoms with E-state index in [1.54, 1.807) is 0 Å². The van der Waals surface area contributed by atoms with Crippen molar-refractivity contribution in [1.29, 1.82) is 0 Å². The summed E-state index contributed by atoms with van der Waals surface area (Å²) in [6.45, 7) is 1.22. The average Bonchev–Trinajstić information content (AvgIpc) is 3.70. The van der Waals surface area contributed by atoms with Gasteiger partial charge >= 0.3 is 6.18 Å². The fourth-order valence-corrected chi connectivity index (χ4v) is 4.59. The largest absolute Gasteiger partial charge is 0.480 e. The van der Waals surface area contributed by atoms with Crippen LogP contribution in [0, 0.1) is 17.0 Å². The molecule has 2 aromatic heterocycles. The summed E-state index contributed by atoms with van der Waals surface area (Å²) in [5, 5.41) is 0.0687. The number of aliphatic imine (C=N–C) groups is 1. The molecule has 3 aliphatic rings. The smallest absolute Gasteiger partial charge is 0.398 e. The van der Waals surface area contributed by atoms with Crippen LogP contribution >= 0.6 is 0 Å². The number of benzene rings is 1. The molecule has 34 heavy (non-hydrogen) atoms. The highest BCUT2D eigenvalue weighted by Crippen LogP contribution is 2.61. The minimum Gasteiger partial charge on any atom is -0.480 e. The first kappa shape index (κ1) is 21.4. The van der Waals surface area contributed by atoms with Crippen LogP contribution in [0.15, 0.2) is 35.6 Å². The van der Waals surface area contributed by atoms with Gasteiger partial charge in [-0.2, -0.15) is 13.2 Å². The Kier molecular flexibility index (Phi) is 4.50. The van der Waals surface area contributed by atoms with E-state index in [0.29, 0.717) is 24.6 Å². The number of hydrogen-bond acceptors (Lipinski definition) is 4. The molecule has 0 atom stereocenters. The van der Waals surface area contributed by atoms with Gasteiger partial charge in [0.15, 0.2) is 23.3 Å². The molecule has 2 aliphatic carbocycles. The van der Waals surface area contributed by atoms with Crippen LogP contribution in [0.25, 0.3) is 11.0 Å². The maximum Gasteiger partial charge on any atom is 0.398 e. The molecule has 1 aliphatic heterocycles. The number of rotatable bonds is 5. The second-order valence-electron chi connectivity index (χ2n) is 9.48. The number of nitrogens with zero attached hydrogens (tertiary/aromatic N) is 2. The molecule has 0 radical (unpaired) electrons. The van der Waals surface area contributed by atoms with Crippen molar-refractivity contribution in [2.45, 2.75) is 43.7 Å². The Labute approximate surface area is 191 Å². The minimum absolute atomic E-state index is 0.0311. The van der Waals surface area contributed by atoms with Crippen LogP contribution in [0.5, 0.6) is 11.5 Å². The molecule has 10 heteroatoms. The maximum atomic E-state index is 14.9. The molecule has 1 N–H and O–H groups in total. The normalized spacial score (nSPS) is 20.2. The Balaban J connectivity index is 1.30. The lowest BCUT2D eigenvalue weighted by atomic mass is 9.95. The molecule has 1 spiro atoms. The van der Waals surface area contributed by atoms with E-state index in [4.69, 9.17) is 9.47 Å². The van der Waals surface area contributed by atoms with E-state index in [-0.39, 0.29) is 47.0 Å². The first-order valence-electron chi connectivity index (χ1n) is 11.1. The molecular formula is C24H20F5N3O2. The Morgan fingerprint density at radius 1 is 1.09 bits per heavy atom. The second-order valence-corrected chi connectivity index (χ2v) is 9.48. The van der Waals surface area contributed by atoms with Crippen molar-refractivity contribution < 1.29 is 31.4 Å². The molecule has 2 saturated carbocycles. The first-order valence-corrected chi connectivity index (χ1v) is 11.1. The van der Waals surface area contributed by atoms with Crippen LogP contribution in [0.2, 0.25) is 0 Å². The van der Waals surface area contributed by atoms with Crippen molar-refractivity contribution >= 4 is 16.9 Å². The SMILES string of the molecule is Fc1cc(CC2=NCC3(CC3)CO2)cc(F)c1Oc1ccnc2[nH]cc(C3(C(F)(F)F)CC3)c12. The Hall–Kier alpha value is -3.17. The van der Waals surface area contributed by atoms with Crippen molar-refractivity contribution in [2.75, 3.05) is 13.2 Å². The molecule has 0 bridgehead atoms. The summed E-state index contributed by atoms with van der Waals surface area (Å²) in [7, 11) is 0. The monoisotopic (exact) mass is 477 g/mol. The summed E-state index contributed by atoms with van der Waals surface area (Å²) in [5.41, 5.74) is -1.41. The number of H-pyrrole nitrogens is 1. The van der Waals surface area contributed by atoms with E-state index in [1.165, 1.54) is 18.5 Å². The van der Waals surface area contributed by atoms with Crippen molar-refractivity contribution in [3.05, 3.63) is 53.4 Å². The summed E-state index contributed by atoms with van der Waals surface area (Å²) in [6, 6.07) is 3.55. The second kappa shape index (κ2) is 7.16. The molecule has 178 valence electrons. The zero-order chi connectivity index (χ0) is 23.7. The number of hydrogen-bond donors (Lipinski definition) is 1. The highest BCUT2D eigenvalue weighted by molar-refractivity contribution is 5.88. The third-order valence-electron chi connectivity index (χ3n) is 7.06. The van der Waals surface area contributed by atoms with Gasteiger partial charge in [0.25, 0.3) is 0 Å². The predicted molar refractivity (Wildman–Crippen MR) is 113 cm³/mol. The van der Waals surface area contributed by atoms with Crippen molar-refractivity contribution in [3.8, 4) is 11.5 Å². The highest BCUT2D eigenvalue weighted by Gasteiger charge is 2.65. The fraction of sp³-hybridized carbons (Fsp3) is 0.417. The molecule has 2 fully saturated rings. The molecule has 1 aromatic carbocycles. The molecule has 0 amide bonds. The lowest BCUT2D eigenvalue weighted by molar-refractivity contribution is -0.160. The lowest BCUT2D eigenvalue weighted by Crippen LogP contribution is -2.28. The Morgan fingerprint density at radius 3 is 2.41 bits per heavy atom. The van der Waals surface area contributed by atoms with Gasteiger partial charge in [-0.3, -0.25) is 4.99 Å². The predicted octanol–water partition coefficient (Wildman–Crippen LogP) is 5.98. The van der Waals surface area contributed by atoms with E-state index in [0.717, 1.165) is 25.0 Å². The standard InChI is InChI=1S/C24H20F5N3O2/c25-15-7-13(9-18-32-11-22(2-3-22)12-33-18)8-16(26)20(15)34-17-1-6-30-21-19(17)14(10-31-21)23(4-5-23)24(27,28)29/h1,6-8,10H,2-5,9,11-12H2,(H,30,31). The zero-order valence-electron chi connectivity index (χ0n) is 17.9. The summed E-state index contributed by atoms with van der Waals surface area (Å²) in [4.78, 5) is 11.2. The summed E-state index contributed by atoms with van der Waals surface area (Å²) in [6.07, 6.45) is 0.251. The van der Waals surface area contributed by atoms with Gasteiger partial charge in [0, 0.05) is 24.2 Å². The van der Waals surface area contributed by atoms with Gasteiger partial charge in [-0.15, -0.1) is 0 Å². The number of pyridine rings is 1. The fourth-order valence-electron chi connectivity index (χ4n) is 4.59. The van der Waals surface area contributed by atoms with Crippen LogP contribution in [-0.2, 0) is 16.6 Å². The van der Waals surface area contributed by atoms with Gasteiger partial charge in [-0.05, 0) is 55.0 Å². The van der Waals surface area contributed by atoms with E-state index >= 15 is 0 Å². The van der Waals surface area contributed by atoms with Gasteiger partial charge in [-0.1, -0.05) is 0 Å². The average molecular weight is 477 g/mol. The number of aromatic nitrogens is 2. The molecule has 6 rings (SSSR count). The third-order valence-corrected chi connectivity index (χ3v) is 7.06. The van der Waals surface area contributed by atoms with Crippen molar-refractivity contribution in [1.82, 2.24) is 9.97 Å². The number of nitrogens with one attached hydrogen (secondary N) is 1. The van der Waals surface area contributed by atoms with Crippen LogP contribution < -0.4 is 4.74 Å². The maximum absolute atomic E-state index is 14.9. The number of halogens is 5. The van der Waals surface area contributed by atoms with Crippen molar-refractivity contribution in [3.63, 3.8) is 0 Å². The Morgan fingerprint density at radius 2 is 1.82 bits per heavy atom. The van der Waals surface area contributed by atoms with Gasteiger partial charge < -0.3 is 14.5 Å². The first-order chi connectivity index (χ1) is 16.2. The summed E-state index contributed by atoms with van der Waals surface area (Å²) in [5.74, 6) is -2.30. The minimum atomic E-state index is -4.46. The van der Waals surface area contributed by atoms with E-state index in [2.05, 4.69) is 15.0 Å². The molecule has 0 saturated heterocycles. The van der Waals surface area contributed by atoms with Gasteiger partial charge in [0.05, 0.1) is 24.0 Å².